The SMILES string of the molecule is CCC(CC)(OC(C)=O)c1cccc(C(F)(F)F)c1. The molecule has 106 valence electrons. The Labute approximate surface area is 110 Å². The third-order valence-electron chi connectivity index (χ3n) is 3.20. The molecule has 1 rings (SSSR count). The first-order valence-corrected chi connectivity index (χ1v) is 6.12. The second-order valence-corrected chi connectivity index (χ2v) is 4.37. The molecule has 1 aromatic rings. The average Bonchev–Trinajstić information content (AvgIpc) is 2.35. The lowest BCUT2D eigenvalue weighted by atomic mass is 9.87. The summed E-state index contributed by atoms with van der Waals surface area (Å²) < 4.78 is 43.4. The number of ether oxygens (including phenoxy) is 1. The monoisotopic (exact) mass is 274 g/mol. The van der Waals surface area contributed by atoms with Gasteiger partial charge in [0.2, 0.25) is 0 Å². The highest BCUT2D eigenvalue weighted by Gasteiger charge is 2.36. The second-order valence-electron chi connectivity index (χ2n) is 4.37. The van der Waals surface area contributed by atoms with Crippen LogP contribution in [-0.4, -0.2) is 5.97 Å². The van der Waals surface area contributed by atoms with E-state index in [2.05, 4.69) is 0 Å². The summed E-state index contributed by atoms with van der Waals surface area (Å²) in [4.78, 5) is 11.2. The Balaban J connectivity index is 3.27. The molecule has 0 N–H and O–H groups in total. The molecule has 0 radical (unpaired) electrons. The van der Waals surface area contributed by atoms with Crippen molar-refractivity contribution in [3.05, 3.63) is 35.4 Å². The van der Waals surface area contributed by atoms with Crippen LogP contribution in [0.15, 0.2) is 24.3 Å². The van der Waals surface area contributed by atoms with Crippen molar-refractivity contribution >= 4 is 5.97 Å². The van der Waals surface area contributed by atoms with Crippen LogP contribution in [0.1, 0.15) is 44.7 Å². The lowest BCUT2D eigenvalue weighted by molar-refractivity contribution is -0.159. The van der Waals surface area contributed by atoms with Gasteiger partial charge in [0.1, 0.15) is 5.60 Å². The number of alkyl halides is 3. The summed E-state index contributed by atoms with van der Waals surface area (Å²) in [5.41, 5.74) is -1.35. The largest absolute Gasteiger partial charge is 0.454 e. The van der Waals surface area contributed by atoms with E-state index >= 15 is 0 Å². The number of rotatable bonds is 4. The van der Waals surface area contributed by atoms with E-state index in [4.69, 9.17) is 4.74 Å². The van der Waals surface area contributed by atoms with E-state index in [0.717, 1.165) is 12.1 Å². The van der Waals surface area contributed by atoms with Crippen molar-refractivity contribution in [3.63, 3.8) is 0 Å². The number of carbonyl (C=O) groups is 1. The van der Waals surface area contributed by atoms with Gasteiger partial charge in [-0.3, -0.25) is 4.79 Å². The van der Waals surface area contributed by atoms with Gasteiger partial charge in [-0.2, -0.15) is 13.2 Å². The first kappa shape index (κ1) is 15.5. The number of hydrogen-bond donors (Lipinski definition) is 0. The van der Waals surface area contributed by atoms with Gasteiger partial charge in [-0.05, 0) is 30.5 Å². The molecule has 0 fully saturated rings. The van der Waals surface area contributed by atoms with Crippen LogP contribution >= 0.6 is 0 Å². The Morgan fingerprint density at radius 2 is 1.68 bits per heavy atom. The summed E-state index contributed by atoms with van der Waals surface area (Å²) in [6.45, 7) is 4.83. The Morgan fingerprint density at radius 1 is 1.16 bits per heavy atom. The normalized spacial score (nSPS) is 12.3. The van der Waals surface area contributed by atoms with Crippen molar-refractivity contribution in [2.24, 2.45) is 0 Å². The molecule has 0 spiro atoms. The van der Waals surface area contributed by atoms with Gasteiger partial charge in [0, 0.05) is 6.92 Å². The minimum Gasteiger partial charge on any atom is -0.454 e. The summed E-state index contributed by atoms with van der Waals surface area (Å²) in [5, 5.41) is 0. The predicted octanol–water partition coefficient (Wildman–Crippen LogP) is 4.28. The zero-order valence-electron chi connectivity index (χ0n) is 11.2. The van der Waals surface area contributed by atoms with Gasteiger partial charge >= 0.3 is 12.1 Å². The van der Waals surface area contributed by atoms with Crippen LogP contribution in [0.5, 0.6) is 0 Å². The quantitative estimate of drug-likeness (QED) is 0.766. The molecule has 0 atom stereocenters. The van der Waals surface area contributed by atoms with Gasteiger partial charge in [-0.15, -0.1) is 0 Å². The van der Waals surface area contributed by atoms with Crippen molar-refractivity contribution in [1.29, 1.82) is 0 Å². The van der Waals surface area contributed by atoms with Crippen molar-refractivity contribution in [1.82, 2.24) is 0 Å². The Hall–Kier alpha value is -1.52. The molecule has 0 amide bonds. The van der Waals surface area contributed by atoms with Crippen LogP contribution in [0, 0.1) is 0 Å². The minimum atomic E-state index is -4.40. The molecule has 0 saturated carbocycles. The summed E-state index contributed by atoms with van der Waals surface area (Å²) >= 11 is 0. The molecule has 1 aromatic carbocycles. The molecule has 5 heteroatoms. The second kappa shape index (κ2) is 5.63. The third-order valence-corrected chi connectivity index (χ3v) is 3.20. The highest BCUT2D eigenvalue weighted by molar-refractivity contribution is 5.66. The van der Waals surface area contributed by atoms with Gasteiger partial charge in [-0.25, -0.2) is 0 Å². The van der Waals surface area contributed by atoms with E-state index in [1.165, 1.54) is 13.0 Å². The number of benzene rings is 1. The molecule has 0 aliphatic heterocycles. The van der Waals surface area contributed by atoms with Crippen LogP contribution in [0.2, 0.25) is 0 Å². The fourth-order valence-electron chi connectivity index (χ4n) is 2.12. The van der Waals surface area contributed by atoms with Crippen molar-refractivity contribution < 1.29 is 22.7 Å². The fraction of sp³-hybridized carbons (Fsp3) is 0.500. The van der Waals surface area contributed by atoms with Gasteiger partial charge in [0.05, 0.1) is 5.56 Å². The molecule has 0 aliphatic rings. The molecule has 0 heterocycles. The molecule has 0 saturated heterocycles. The maximum absolute atomic E-state index is 12.7. The highest BCUT2D eigenvalue weighted by Crippen LogP contribution is 2.37. The highest BCUT2D eigenvalue weighted by atomic mass is 19.4. The first-order chi connectivity index (χ1) is 8.75. The third kappa shape index (κ3) is 3.49. The summed E-state index contributed by atoms with van der Waals surface area (Å²) in [5.74, 6) is -0.499. The molecule has 0 unspecified atom stereocenters. The van der Waals surface area contributed by atoms with Crippen LogP contribution < -0.4 is 0 Å². The number of esters is 1. The van der Waals surface area contributed by atoms with E-state index in [9.17, 15) is 18.0 Å². The Morgan fingerprint density at radius 3 is 2.11 bits per heavy atom. The van der Waals surface area contributed by atoms with Crippen LogP contribution in [0.4, 0.5) is 13.2 Å². The number of carbonyl (C=O) groups excluding carboxylic acids is 1. The lowest BCUT2D eigenvalue weighted by Gasteiger charge is -2.32. The van der Waals surface area contributed by atoms with E-state index in [-0.39, 0.29) is 0 Å². The fourth-order valence-corrected chi connectivity index (χ4v) is 2.12. The van der Waals surface area contributed by atoms with Crippen LogP contribution in [0.3, 0.4) is 0 Å². The molecule has 0 aliphatic carbocycles. The number of hydrogen-bond acceptors (Lipinski definition) is 2. The molecular weight excluding hydrogens is 257 g/mol. The van der Waals surface area contributed by atoms with Gasteiger partial charge in [0.15, 0.2) is 0 Å². The van der Waals surface area contributed by atoms with Crippen LogP contribution in [0.25, 0.3) is 0 Å². The van der Waals surface area contributed by atoms with Crippen LogP contribution in [-0.2, 0) is 21.3 Å². The zero-order valence-corrected chi connectivity index (χ0v) is 11.2. The summed E-state index contributed by atoms with van der Waals surface area (Å²) in [6, 6.07) is 4.95. The maximum atomic E-state index is 12.7. The van der Waals surface area contributed by atoms with E-state index in [1.54, 1.807) is 19.9 Å². The van der Waals surface area contributed by atoms with Gasteiger partial charge in [0.25, 0.3) is 0 Å². The molecule has 0 aromatic heterocycles. The lowest BCUT2D eigenvalue weighted by Crippen LogP contribution is -2.30. The number of halogens is 3. The minimum absolute atomic E-state index is 0.377. The Kier molecular flexibility index (Phi) is 4.61. The van der Waals surface area contributed by atoms with Gasteiger partial charge < -0.3 is 4.74 Å². The molecule has 19 heavy (non-hydrogen) atoms. The smallest absolute Gasteiger partial charge is 0.416 e. The van der Waals surface area contributed by atoms with Crippen molar-refractivity contribution in [2.45, 2.75) is 45.4 Å². The predicted molar refractivity (Wildman–Crippen MR) is 65.5 cm³/mol. The maximum Gasteiger partial charge on any atom is 0.416 e. The first-order valence-electron chi connectivity index (χ1n) is 6.12. The molecule has 2 nitrogen and oxygen atoms in total. The molecular formula is C14H17F3O2. The topological polar surface area (TPSA) is 26.3 Å². The van der Waals surface area contributed by atoms with E-state index < -0.39 is 23.3 Å². The zero-order chi connectivity index (χ0) is 14.7. The summed E-state index contributed by atoms with van der Waals surface area (Å²) in [6.07, 6.45) is -3.56. The molecule has 0 bridgehead atoms. The van der Waals surface area contributed by atoms with E-state index in [1.807, 2.05) is 0 Å². The van der Waals surface area contributed by atoms with Gasteiger partial charge in [-0.1, -0.05) is 26.0 Å². The standard InChI is InChI=1S/C14H17F3O2/c1-4-13(5-2,19-10(3)18)11-7-6-8-12(9-11)14(15,16)17/h6-9H,4-5H2,1-3H3. The van der Waals surface area contributed by atoms with Crippen molar-refractivity contribution in [3.8, 4) is 0 Å². The van der Waals surface area contributed by atoms with E-state index in [0.29, 0.717) is 18.4 Å². The Bertz CT molecular complexity index is 448. The average molecular weight is 274 g/mol. The summed E-state index contributed by atoms with van der Waals surface area (Å²) in [7, 11) is 0. The van der Waals surface area contributed by atoms with Crippen molar-refractivity contribution in [2.75, 3.05) is 0 Å².